The van der Waals surface area contributed by atoms with E-state index in [2.05, 4.69) is 55.5 Å². The van der Waals surface area contributed by atoms with Crippen LogP contribution in [0.15, 0.2) is 48.5 Å². The first kappa shape index (κ1) is 15.6. The van der Waals surface area contributed by atoms with Crippen molar-refractivity contribution in [2.24, 2.45) is 17.8 Å². The summed E-state index contributed by atoms with van der Waals surface area (Å²) >= 11 is 0. The number of ether oxygens (including phenoxy) is 2. The molecule has 2 heteroatoms. The van der Waals surface area contributed by atoms with Gasteiger partial charge in [-0.05, 0) is 35.8 Å². The number of fused-ring (bicyclic) bond motifs is 5. The van der Waals surface area contributed by atoms with Crippen LogP contribution in [0.1, 0.15) is 43.7 Å². The average Bonchev–Trinajstić information content (AvgIpc) is 2.94. The van der Waals surface area contributed by atoms with Crippen LogP contribution in [0, 0.1) is 17.8 Å². The van der Waals surface area contributed by atoms with Crippen molar-refractivity contribution in [2.45, 2.75) is 38.4 Å². The minimum absolute atomic E-state index is 0.540. The lowest BCUT2D eigenvalue weighted by Gasteiger charge is -2.42. The fourth-order valence-electron chi connectivity index (χ4n) is 5.03. The van der Waals surface area contributed by atoms with Crippen LogP contribution in [-0.2, 0) is 15.3 Å². The molecule has 2 aromatic carbocycles. The van der Waals surface area contributed by atoms with Crippen molar-refractivity contribution in [3.8, 4) is 11.1 Å². The Kier molecular flexibility index (Phi) is 3.72. The lowest BCUT2D eigenvalue weighted by atomic mass is 9.76. The van der Waals surface area contributed by atoms with E-state index in [1.54, 1.807) is 0 Å². The van der Waals surface area contributed by atoms with Gasteiger partial charge in [-0.1, -0.05) is 68.3 Å². The summed E-state index contributed by atoms with van der Waals surface area (Å²) in [6.45, 7) is 3.99. The minimum atomic E-state index is -0.689. The first-order valence-corrected chi connectivity index (χ1v) is 9.75. The van der Waals surface area contributed by atoms with Gasteiger partial charge in [-0.3, -0.25) is 0 Å². The third-order valence-electron chi connectivity index (χ3n) is 6.58. The highest BCUT2D eigenvalue weighted by Gasteiger charge is 2.49. The van der Waals surface area contributed by atoms with Gasteiger partial charge in [0.05, 0.1) is 13.2 Å². The zero-order chi connectivity index (χ0) is 16.9. The van der Waals surface area contributed by atoms with Gasteiger partial charge >= 0.3 is 0 Å². The van der Waals surface area contributed by atoms with Crippen LogP contribution in [0.5, 0.6) is 0 Å². The van der Waals surface area contributed by atoms with E-state index in [0.29, 0.717) is 5.92 Å². The van der Waals surface area contributed by atoms with E-state index in [4.69, 9.17) is 9.47 Å². The Balaban J connectivity index is 1.44. The number of benzene rings is 2. The van der Waals surface area contributed by atoms with Gasteiger partial charge in [-0.25, -0.2) is 0 Å². The molecule has 0 N–H and O–H groups in total. The van der Waals surface area contributed by atoms with Gasteiger partial charge in [0, 0.05) is 17.0 Å². The molecular formula is C23H26O2. The van der Waals surface area contributed by atoms with Crippen LogP contribution in [0.3, 0.4) is 0 Å². The Bertz CT molecular complexity index is 718. The summed E-state index contributed by atoms with van der Waals surface area (Å²) in [5, 5.41) is 0. The van der Waals surface area contributed by atoms with Gasteiger partial charge in [0.25, 0.3) is 0 Å². The molecule has 1 saturated carbocycles. The maximum atomic E-state index is 6.55. The molecule has 130 valence electrons. The Hall–Kier alpha value is -1.64. The van der Waals surface area contributed by atoms with Crippen LogP contribution >= 0.6 is 0 Å². The van der Waals surface area contributed by atoms with E-state index in [-0.39, 0.29) is 0 Å². The summed E-state index contributed by atoms with van der Waals surface area (Å²) in [7, 11) is 0. The maximum Gasteiger partial charge on any atom is 0.223 e. The SMILES string of the molecule is CC1CCC(C2COC3(OC2)c2ccccc2-c2ccccc23)CC1. The summed E-state index contributed by atoms with van der Waals surface area (Å²) in [6, 6.07) is 17.1. The predicted octanol–water partition coefficient (Wildman–Crippen LogP) is 5.36. The van der Waals surface area contributed by atoms with Crippen molar-refractivity contribution >= 4 is 0 Å². The second-order valence-electron chi connectivity index (χ2n) is 8.11. The molecule has 0 unspecified atom stereocenters. The van der Waals surface area contributed by atoms with Crippen molar-refractivity contribution in [3.63, 3.8) is 0 Å². The third-order valence-corrected chi connectivity index (χ3v) is 6.58. The molecule has 1 saturated heterocycles. The van der Waals surface area contributed by atoms with Gasteiger partial charge in [-0.15, -0.1) is 0 Å². The molecule has 0 aromatic heterocycles. The Morgan fingerprint density at radius 2 is 1.24 bits per heavy atom. The van der Waals surface area contributed by atoms with E-state index in [0.717, 1.165) is 25.0 Å². The number of hydrogen-bond donors (Lipinski definition) is 0. The summed E-state index contributed by atoms with van der Waals surface area (Å²) in [5.41, 5.74) is 4.85. The maximum absolute atomic E-state index is 6.55. The summed E-state index contributed by atoms with van der Waals surface area (Å²) < 4.78 is 13.1. The Morgan fingerprint density at radius 3 is 1.80 bits per heavy atom. The normalized spacial score (nSPS) is 27.9. The molecule has 2 nitrogen and oxygen atoms in total. The molecular weight excluding hydrogens is 308 g/mol. The minimum Gasteiger partial charge on any atom is -0.342 e. The lowest BCUT2D eigenvalue weighted by molar-refractivity contribution is -0.272. The molecule has 0 radical (unpaired) electrons. The van der Waals surface area contributed by atoms with Crippen molar-refractivity contribution in [1.82, 2.24) is 0 Å². The second kappa shape index (κ2) is 5.96. The van der Waals surface area contributed by atoms with Crippen molar-refractivity contribution in [3.05, 3.63) is 59.7 Å². The van der Waals surface area contributed by atoms with Gasteiger partial charge in [0.2, 0.25) is 5.79 Å². The molecule has 25 heavy (non-hydrogen) atoms. The fourth-order valence-corrected chi connectivity index (χ4v) is 5.03. The smallest absolute Gasteiger partial charge is 0.223 e. The second-order valence-corrected chi connectivity index (χ2v) is 8.11. The van der Waals surface area contributed by atoms with Crippen LogP contribution < -0.4 is 0 Å². The van der Waals surface area contributed by atoms with E-state index < -0.39 is 5.79 Å². The zero-order valence-electron chi connectivity index (χ0n) is 14.9. The summed E-state index contributed by atoms with van der Waals surface area (Å²) in [4.78, 5) is 0. The van der Waals surface area contributed by atoms with Crippen LogP contribution in [0.25, 0.3) is 11.1 Å². The topological polar surface area (TPSA) is 18.5 Å². The summed E-state index contributed by atoms with van der Waals surface area (Å²) in [6.07, 6.45) is 5.38. The van der Waals surface area contributed by atoms with Gasteiger partial charge in [0.1, 0.15) is 0 Å². The molecule has 5 rings (SSSR count). The molecule has 1 heterocycles. The van der Waals surface area contributed by atoms with E-state index in [9.17, 15) is 0 Å². The molecule has 1 aliphatic heterocycles. The first-order valence-electron chi connectivity index (χ1n) is 9.75. The van der Waals surface area contributed by atoms with Crippen molar-refractivity contribution in [2.75, 3.05) is 13.2 Å². The molecule has 0 amide bonds. The van der Waals surface area contributed by atoms with Gasteiger partial charge in [0.15, 0.2) is 0 Å². The lowest BCUT2D eigenvalue weighted by Crippen LogP contribution is -2.44. The first-order chi connectivity index (χ1) is 12.3. The monoisotopic (exact) mass is 334 g/mol. The van der Waals surface area contributed by atoms with Crippen molar-refractivity contribution < 1.29 is 9.47 Å². The summed E-state index contributed by atoms with van der Waals surface area (Å²) in [5.74, 6) is 1.51. The highest BCUT2D eigenvalue weighted by Crippen LogP contribution is 2.52. The largest absolute Gasteiger partial charge is 0.342 e. The number of rotatable bonds is 1. The zero-order valence-corrected chi connectivity index (χ0v) is 14.9. The molecule has 2 aliphatic carbocycles. The third kappa shape index (κ3) is 2.38. The van der Waals surface area contributed by atoms with Gasteiger partial charge < -0.3 is 9.47 Å². The molecule has 0 bridgehead atoms. The standard InChI is InChI=1S/C23H26O2/c1-16-10-12-17(13-11-16)18-14-24-23(25-15-18)21-8-4-2-6-19(21)20-7-3-5-9-22(20)23/h2-9,16-18H,10-15H2,1H3. The van der Waals surface area contributed by atoms with E-state index >= 15 is 0 Å². The molecule has 1 spiro atoms. The quantitative estimate of drug-likeness (QED) is 0.699. The van der Waals surface area contributed by atoms with E-state index in [1.165, 1.54) is 47.9 Å². The van der Waals surface area contributed by atoms with Crippen LogP contribution in [0.4, 0.5) is 0 Å². The Labute approximate surface area is 150 Å². The fraction of sp³-hybridized carbons (Fsp3) is 0.478. The molecule has 2 fully saturated rings. The molecule has 0 atom stereocenters. The molecule has 2 aromatic rings. The highest BCUT2D eigenvalue weighted by molar-refractivity contribution is 5.79. The molecule has 3 aliphatic rings. The van der Waals surface area contributed by atoms with Crippen LogP contribution in [0.2, 0.25) is 0 Å². The highest BCUT2D eigenvalue weighted by atomic mass is 16.7. The predicted molar refractivity (Wildman–Crippen MR) is 99.2 cm³/mol. The number of hydrogen-bond acceptors (Lipinski definition) is 2. The van der Waals surface area contributed by atoms with Crippen LogP contribution in [-0.4, -0.2) is 13.2 Å². The average molecular weight is 334 g/mol. The Morgan fingerprint density at radius 1 is 0.720 bits per heavy atom. The van der Waals surface area contributed by atoms with Crippen molar-refractivity contribution in [1.29, 1.82) is 0 Å². The van der Waals surface area contributed by atoms with Gasteiger partial charge in [-0.2, -0.15) is 0 Å². The van der Waals surface area contributed by atoms with E-state index in [1.807, 2.05) is 0 Å².